The summed E-state index contributed by atoms with van der Waals surface area (Å²) in [4.78, 5) is 29.1. The quantitative estimate of drug-likeness (QED) is 0.838. The molecule has 2 amide bonds. The van der Waals surface area contributed by atoms with Gasteiger partial charge in [-0.1, -0.05) is 18.9 Å². The Kier molecular flexibility index (Phi) is 4.52. The SMILES string of the molecule is Cc1ccc2c(c1)N(CC(=O)N1CCCCCC1)C(=O)C(C)(C)O2. The molecule has 0 unspecified atom stereocenters. The summed E-state index contributed by atoms with van der Waals surface area (Å²) in [6, 6.07) is 5.75. The number of nitrogens with zero attached hydrogens (tertiary/aromatic N) is 2. The van der Waals surface area contributed by atoms with Gasteiger partial charge < -0.3 is 9.64 Å². The third kappa shape index (κ3) is 3.25. The minimum Gasteiger partial charge on any atom is -0.476 e. The summed E-state index contributed by atoms with van der Waals surface area (Å²) in [7, 11) is 0. The molecule has 1 aromatic rings. The van der Waals surface area contributed by atoms with E-state index >= 15 is 0 Å². The topological polar surface area (TPSA) is 49.9 Å². The van der Waals surface area contributed by atoms with Crippen molar-refractivity contribution >= 4 is 17.5 Å². The molecule has 0 N–H and O–H groups in total. The molecule has 1 aromatic carbocycles. The first-order valence-corrected chi connectivity index (χ1v) is 8.78. The smallest absolute Gasteiger partial charge is 0.271 e. The van der Waals surface area contributed by atoms with E-state index in [4.69, 9.17) is 4.74 Å². The van der Waals surface area contributed by atoms with Crippen LogP contribution in [-0.2, 0) is 9.59 Å². The number of benzene rings is 1. The van der Waals surface area contributed by atoms with E-state index in [1.54, 1.807) is 18.7 Å². The van der Waals surface area contributed by atoms with Crippen molar-refractivity contribution in [3.63, 3.8) is 0 Å². The third-order valence-electron chi connectivity index (χ3n) is 4.78. The Bertz CT molecular complexity index is 646. The summed E-state index contributed by atoms with van der Waals surface area (Å²) in [5.74, 6) is 0.521. The number of carbonyl (C=O) groups excluding carboxylic acids is 2. The van der Waals surface area contributed by atoms with Crippen LogP contribution in [-0.4, -0.2) is 41.9 Å². The van der Waals surface area contributed by atoms with Crippen LogP contribution in [0.5, 0.6) is 5.75 Å². The maximum absolute atomic E-state index is 12.8. The van der Waals surface area contributed by atoms with Crippen LogP contribution in [0, 0.1) is 6.92 Å². The van der Waals surface area contributed by atoms with Gasteiger partial charge in [-0.25, -0.2) is 0 Å². The lowest BCUT2D eigenvalue weighted by molar-refractivity contribution is -0.136. The van der Waals surface area contributed by atoms with Crippen LogP contribution in [0.25, 0.3) is 0 Å². The highest BCUT2D eigenvalue weighted by atomic mass is 16.5. The van der Waals surface area contributed by atoms with E-state index in [9.17, 15) is 9.59 Å². The summed E-state index contributed by atoms with van der Waals surface area (Å²) in [6.07, 6.45) is 4.44. The number of aryl methyl sites for hydroxylation is 1. The van der Waals surface area contributed by atoms with Gasteiger partial charge in [-0.05, 0) is 51.3 Å². The van der Waals surface area contributed by atoms with E-state index in [2.05, 4.69) is 0 Å². The molecule has 2 aliphatic heterocycles. The molecule has 5 nitrogen and oxygen atoms in total. The molecule has 24 heavy (non-hydrogen) atoms. The summed E-state index contributed by atoms with van der Waals surface area (Å²) < 4.78 is 5.85. The van der Waals surface area contributed by atoms with Crippen LogP contribution in [0.15, 0.2) is 18.2 Å². The van der Waals surface area contributed by atoms with Crippen LogP contribution in [0.2, 0.25) is 0 Å². The van der Waals surface area contributed by atoms with Crippen molar-refractivity contribution in [2.24, 2.45) is 0 Å². The fourth-order valence-electron chi connectivity index (χ4n) is 3.39. The van der Waals surface area contributed by atoms with Crippen molar-refractivity contribution in [3.05, 3.63) is 23.8 Å². The summed E-state index contributed by atoms with van der Waals surface area (Å²) in [6.45, 7) is 7.15. The van der Waals surface area contributed by atoms with E-state index in [1.165, 1.54) is 12.8 Å². The second-order valence-electron chi connectivity index (χ2n) is 7.27. The van der Waals surface area contributed by atoms with Crippen molar-refractivity contribution in [2.75, 3.05) is 24.5 Å². The first-order valence-electron chi connectivity index (χ1n) is 8.78. The van der Waals surface area contributed by atoms with E-state index in [0.717, 1.165) is 31.5 Å². The van der Waals surface area contributed by atoms with Crippen LogP contribution < -0.4 is 9.64 Å². The number of hydrogen-bond donors (Lipinski definition) is 0. The molecule has 0 bridgehead atoms. The lowest BCUT2D eigenvalue weighted by Gasteiger charge is -2.39. The normalized spacial score (nSPS) is 20.2. The predicted octanol–water partition coefficient (Wildman–Crippen LogP) is 2.90. The molecule has 5 heteroatoms. The first-order chi connectivity index (χ1) is 11.4. The van der Waals surface area contributed by atoms with Gasteiger partial charge >= 0.3 is 0 Å². The van der Waals surface area contributed by atoms with Crippen molar-refractivity contribution in [1.29, 1.82) is 0 Å². The van der Waals surface area contributed by atoms with Gasteiger partial charge in [0.05, 0.1) is 5.69 Å². The summed E-state index contributed by atoms with van der Waals surface area (Å²) in [5, 5.41) is 0. The highest BCUT2D eigenvalue weighted by Gasteiger charge is 2.42. The van der Waals surface area contributed by atoms with Gasteiger partial charge in [-0.15, -0.1) is 0 Å². The van der Waals surface area contributed by atoms with Crippen LogP contribution in [0.3, 0.4) is 0 Å². The molecule has 2 heterocycles. The van der Waals surface area contributed by atoms with Crippen LogP contribution >= 0.6 is 0 Å². The highest BCUT2D eigenvalue weighted by Crippen LogP contribution is 2.38. The summed E-state index contributed by atoms with van der Waals surface area (Å²) in [5.41, 5.74) is 0.779. The number of anilines is 1. The van der Waals surface area contributed by atoms with Crippen molar-refractivity contribution in [2.45, 2.75) is 52.1 Å². The molecule has 2 aliphatic rings. The van der Waals surface area contributed by atoms with Gasteiger partial charge in [0.25, 0.3) is 5.91 Å². The molecule has 0 saturated carbocycles. The number of carbonyl (C=O) groups is 2. The van der Waals surface area contributed by atoms with Gasteiger partial charge in [0.15, 0.2) is 5.60 Å². The fourth-order valence-corrected chi connectivity index (χ4v) is 3.39. The van der Waals surface area contributed by atoms with Gasteiger partial charge in [0.1, 0.15) is 12.3 Å². The first kappa shape index (κ1) is 16.8. The molecular formula is C19H26N2O3. The largest absolute Gasteiger partial charge is 0.476 e. The molecule has 0 radical (unpaired) electrons. The average molecular weight is 330 g/mol. The zero-order chi connectivity index (χ0) is 17.3. The van der Waals surface area contributed by atoms with Crippen molar-refractivity contribution < 1.29 is 14.3 Å². The monoisotopic (exact) mass is 330 g/mol. The molecule has 0 aromatic heterocycles. The van der Waals surface area contributed by atoms with E-state index in [1.807, 2.05) is 30.0 Å². The standard InChI is InChI=1S/C19H26N2O3/c1-14-8-9-16-15(12-14)21(18(23)19(2,3)24-16)13-17(22)20-10-6-4-5-7-11-20/h8-9,12H,4-7,10-11,13H2,1-3H3. The second kappa shape index (κ2) is 6.46. The second-order valence-corrected chi connectivity index (χ2v) is 7.27. The van der Waals surface area contributed by atoms with Crippen LogP contribution in [0.1, 0.15) is 45.1 Å². The summed E-state index contributed by atoms with van der Waals surface area (Å²) >= 11 is 0. The van der Waals surface area contributed by atoms with Gasteiger partial charge in [-0.3, -0.25) is 14.5 Å². The molecule has 0 atom stereocenters. The number of fused-ring (bicyclic) bond motifs is 1. The molecule has 130 valence electrons. The Labute approximate surface area is 143 Å². The maximum Gasteiger partial charge on any atom is 0.271 e. The van der Waals surface area contributed by atoms with Gasteiger partial charge in [-0.2, -0.15) is 0 Å². The molecule has 0 spiro atoms. The van der Waals surface area contributed by atoms with E-state index in [-0.39, 0.29) is 18.4 Å². The molecular weight excluding hydrogens is 304 g/mol. The Morgan fingerprint density at radius 2 is 1.83 bits per heavy atom. The number of likely N-dealkylation sites (tertiary alicyclic amines) is 1. The zero-order valence-corrected chi connectivity index (χ0v) is 14.8. The van der Waals surface area contributed by atoms with Crippen LogP contribution in [0.4, 0.5) is 5.69 Å². The third-order valence-corrected chi connectivity index (χ3v) is 4.78. The average Bonchev–Trinajstić information content (AvgIpc) is 2.81. The Hall–Kier alpha value is -2.04. The molecule has 0 aliphatic carbocycles. The Morgan fingerprint density at radius 3 is 2.50 bits per heavy atom. The molecule has 3 rings (SSSR count). The predicted molar refractivity (Wildman–Crippen MR) is 93.3 cm³/mol. The Morgan fingerprint density at radius 1 is 1.17 bits per heavy atom. The van der Waals surface area contributed by atoms with E-state index < -0.39 is 5.60 Å². The number of amides is 2. The zero-order valence-electron chi connectivity index (χ0n) is 14.8. The number of rotatable bonds is 2. The number of ether oxygens (including phenoxy) is 1. The van der Waals surface area contributed by atoms with Crippen molar-refractivity contribution in [3.8, 4) is 5.75 Å². The maximum atomic E-state index is 12.8. The Balaban J connectivity index is 1.86. The lowest BCUT2D eigenvalue weighted by Crippen LogP contribution is -2.55. The lowest BCUT2D eigenvalue weighted by atomic mass is 10.0. The molecule has 1 fully saturated rings. The fraction of sp³-hybridized carbons (Fsp3) is 0.579. The van der Waals surface area contributed by atoms with Crippen molar-refractivity contribution in [1.82, 2.24) is 4.90 Å². The minimum absolute atomic E-state index is 0.0235. The minimum atomic E-state index is -0.957. The highest BCUT2D eigenvalue weighted by molar-refractivity contribution is 6.05. The van der Waals surface area contributed by atoms with Gasteiger partial charge in [0.2, 0.25) is 5.91 Å². The van der Waals surface area contributed by atoms with E-state index in [0.29, 0.717) is 11.4 Å². The molecule has 1 saturated heterocycles. The number of hydrogen-bond acceptors (Lipinski definition) is 3. The van der Waals surface area contributed by atoms with Gasteiger partial charge in [0, 0.05) is 13.1 Å².